The van der Waals surface area contributed by atoms with Gasteiger partial charge in [-0.25, -0.2) is 0 Å². The van der Waals surface area contributed by atoms with Crippen molar-refractivity contribution in [2.45, 2.75) is 32.7 Å². The Morgan fingerprint density at radius 1 is 1.32 bits per heavy atom. The van der Waals surface area contributed by atoms with Crippen molar-refractivity contribution in [1.29, 1.82) is 0 Å². The molecule has 1 aromatic carbocycles. The molecule has 0 bridgehead atoms. The second-order valence-electron chi connectivity index (χ2n) is 6.68. The lowest BCUT2D eigenvalue weighted by Gasteiger charge is -2.40. The molecule has 0 saturated carbocycles. The zero-order valence-corrected chi connectivity index (χ0v) is 15.0. The molecule has 2 aromatic rings. The van der Waals surface area contributed by atoms with Gasteiger partial charge < -0.3 is 9.80 Å². The minimum Gasteiger partial charge on any atom is -0.329 e. The summed E-state index contributed by atoms with van der Waals surface area (Å²) in [5.74, 6) is -0.00346. The van der Waals surface area contributed by atoms with E-state index in [-0.39, 0.29) is 24.4 Å². The summed E-state index contributed by atoms with van der Waals surface area (Å²) < 4.78 is 1.73. The second-order valence-corrected chi connectivity index (χ2v) is 6.68. The molecule has 2 heterocycles. The van der Waals surface area contributed by atoms with Crippen LogP contribution in [-0.4, -0.2) is 45.6 Å². The lowest BCUT2D eigenvalue weighted by atomic mass is 10.1. The largest absolute Gasteiger partial charge is 0.329 e. The number of hydrogen-bond acceptors (Lipinski definition) is 3. The van der Waals surface area contributed by atoms with Crippen LogP contribution in [0.4, 0.5) is 5.69 Å². The number of aromatic nitrogens is 2. The first-order valence-electron chi connectivity index (χ1n) is 8.58. The van der Waals surface area contributed by atoms with Crippen molar-refractivity contribution in [3.8, 4) is 0 Å². The molecular weight excluding hydrogens is 316 g/mol. The average Bonchev–Trinajstić information content (AvgIpc) is 3.00. The number of hydrogen-bond donors (Lipinski definition) is 0. The number of rotatable bonds is 4. The molecule has 1 unspecified atom stereocenters. The zero-order valence-electron chi connectivity index (χ0n) is 15.0. The maximum Gasteiger partial charge on any atom is 0.246 e. The van der Waals surface area contributed by atoms with Crippen molar-refractivity contribution in [3.05, 3.63) is 47.8 Å². The van der Waals surface area contributed by atoms with Gasteiger partial charge in [0.2, 0.25) is 11.8 Å². The van der Waals surface area contributed by atoms with Crippen molar-refractivity contribution >= 4 is 17.5 Å². The smallest absolute Gasteiger partial charge is 0.246 e. The maximum atomic E-state index is 12.6. The highest BCUT2D eigenvalue weighted by molar-refractivity contribution is 5.98. The molecular formula is C19H24N4O2. The fraction of sp³-hybridized carbons (Fsp3) is 0.421. The molecule has 0 radical (unpaired) electrons. The summed E-state index contributed by atoms with van der Waals surface area (Å²) in [5.41, 5.74) is 3.04. The summed E-state index contributed by atoms with van der Waals surface area (Å²) in [6, 6.07) is 7.86. The molecule has 1 aromatic heterocycles. The minimum absolute atomic E-state index is 0.00120. The molecule has 2 amide bonds. The summed E-state index contributed by atoms with van der Waals surface area (Å²) in [4.78, 5) is 28.7. The molecule has 1 aliphatic heterocycles. The number of benzene rings is 1. The van der Waals surface area contributed by atoms with Gasteiger partial charge in [-0.1, -0.05) is 18.2 Å². The minimum atomic E-state index is -0.0258. The number of piperazine rings is 1. The normalized spacial score (nSPS) is 17.9. The standard InChI is InChI=1S/C19H24N4O2/c1-14-6-4-5-7-17(14)23-11-15(2)22(13-19(23)25)18(24)9-8-16-10-20-21(3)12-16/h4-7,10,12,15H,8-9,11,13H2,1-3H3. The first-order chi connectivity index (χ1) is 12.0. The number of carbonyl (C=O) groups is 2. The Bertz CT molecular complexity index is 783. The van der Waals surface area contributed by atoms with Gasteiger partial charge in [-0.05, 0) is 37.5 Å². The summed E-state index contributed by atoms with van der Waals surface area (Å²) in [6.07, 6.45) is 4.73. The van der Waals surface area contributed by atoms with E-state index >= 15 is 0 Å². The summed E-state index contributed by atoms with van der Waals surface area (Å²) in [5, 5.41) is 4.12. The lowest BCUT2D eigenvalue weighted by Crippen LogP contribution is -2.57. The van der Waals surface area contributed by atoms with Crippen LogP contribution >= 0.6 is 0 Å². The van der Waals surface area contributed by atoms with Gasteiger partial charge in [0, 0.05) is 37.9 Å². The van der Waals surface area contributed by atoms with Crippen LogP contribution in [0.25, 0.3) is 0 Å². The molecule has 132 valence electrons. The molecule has 25 heavy (non-hydrogen) atoms. The monoisotopic (exact) mass is 340 g/mol. The lowest BCUT2D eigenvalue weighted by molar-refractivity contribution is -0.139. The Kier molecular flexibility index (Phi) is 4.88. The Morgan fingerprint density at radius 3 is 2.76 bits per heavy atom. The Balaban J connectivity index is 1.64. The van der Waals surface area contributed by atoms with Gasteiger partial charge >= 0.3 is 0 Å². The Hall–Kier alpha value is -2.63. The molecule has 1 aliphatic rings. The molecule has 3 rings (SSSR count). The van der Waals surface area contributed by atoms with Gasteiger partial charge in [-0.15, -0.1) is 0 Å². The highest BCUT2D eigenvalue weighted by atomic mass is 16.2. The SMILES string of the molecule is Cc1ccccc1N1CC(C)N(C(=O)CCc2cnn(C)c2)CC1=O. The molecule has 1 atom stereocenters. The van der Waals surface area contributed by atoms with E-state index in [0.29, 0.717) is 19.4 Å². The zero-order chi connectivity index (χ0) is 18.0. The highest BCUT2D eigenvalue weighted by Crippen LogP contribution is 2.24. The first-order valence-corrected chi connectivity index (χ1v) is 8.58. The fourth-order valence-electron chi connectivity index (χ4n) is 3.28. The van der Waals surface area contributed by atoms with E-state index in [1.54, 1.807) is 20.7 Å². The number of anilines is 1. The summed E-state index contributed by atoms with van der Waals surface area (Å²) in [6.45, 7) is 4.67. The van der Waals surface area contributed by atoms with Gasteiger partial charge in [0.1, 0.15) is 6.54 Å². The van der Waals surface area contributed by atoms with Crippen molar-refractivity contribution in [2.24, 2.45) is 7.05 Å². The third-order valence-electron chi connectivity index (χ3n) is 4.70. The van der Waals surface area contributed by atoms with E-state index in [1.807, 2.05) is 51.4 Å². The highest BCUT2D eigenvalue weighted by Gasteiger charge is 2.33. The quantitative estimate of drug-likeness (QED) is 0.854. The van der Waals surface area contributed by atoms with Crippen LogP contribution in [0.3, 0.4) is 0 Å². The predicted octanol–water partition coefficient (Wildman–Crippen LogP) is 1.93. The van der Waals surface area contributed by atoms with Gasteiger partial charge in [-0.3, -0.25) is 14.3 Å². The fourth-order valence-corrected chi connectivity index (χ4v) is 3.28. The van der Waals surface area contributed by atoms with E-state index in [0.717, 1.165) is 16.8 Å². The van der Waals surface area contributed by atoms with E-state index in [1.165, 1.54) is 0 Å². The summed E-state index contributed by atoms with van der Waals surface area (Å²) >= 11 is 0. The van der Waals surface area contributed by atoms with Crippen LogP contribution in [0.5, 0.6) is 0 Å². The number of nitrogens with zero attached hydrogens (tertiary/aromatic N) is 4. The van der Waals surface area contributed by atoms with Crippen molar-refractivity contribution in [1.82, 2.24) is 14.7 Å². The van der Waals surface area contributed by atoms with Gasteiger partial charge in [0.25, 0.3) is 0 Å². The van der Waals surface area contributed by atoms with Gasteiger partial charge in [0.05, 0.1) is 6.20 Å². The van der Waals surface area contributed by atoms with Gasteiger partial charge in [-0.2, -0.15) is 5.10 Å². The Labute approximate surface area is 148 Å². The third kappa shape index (κ3) is 3.73. The topological polar surface area (TPSA) is 58.4 Å². The van der Waals surface area contributed by atoms with E-state index in [9.17, 15) is 9.59 Å². The third-order valence-corrected chi connectivity index (χ3v) is 4.70. The second kappa shape index (κ2) is 7.09. The maximum absolute atomic E-state index is 12.6. The molecule has 6 heteroatoms. The van der Waals surface area contributed by atoms with E-state index in [4.69, 9.17) is 0 Å². The number of amides is 2. The van der Waals surface area contributed by atoms with Crippen molar-refractivity contribution in [2.75, 3.05) is 18.0 Å². The van der Waals surface area contributed by atoms with E-state index in [2.05, 4.69) is 5.10 Å². The Morgan fingerprint density at radius 2 is 2.08 bits per heavy atom. The molecule has 0 spiro atoms. The van der Waals surface area contributed by atoms with Crippen LogP contribution in [0.2, 0.25) is 0 Å². The van der Waals surface area contributed by atoms with E-state index < -0.39 is 0 Å². The van der Waals surface area contributed by atoms with Crippen LogP contribution in [-0.2, 0) is 23.1 Å². The molecule has 0 aliphatic carbocycles. The van der Waals surface area contributed by atoms with Crippen LogP contribution < -0.4 is 4.90 Å². The van der Waals surface area contributed by atoms with Crippen molar-refractivity contribution in [3.63, 3.8) is 0 Å². The number of para-hydroxylation sites is 1. The molecule has 0 N–H and O–H groups in total. The number of aryl methyl sites for hydroxylation is 3. The predicted molar refractivity (Wildman–Crippen MR) is 96.2 cm³/mol. The molecule has 1 fully saturated rings. The average molecular weight is 340 g/mol. The number of carbonyl (C=O) groups excluding carboxylic acids is 2. The van der Waals surface area contributed by atoms with Crippen LogP contribution in [0.1, 0.15) is 24.5 Å². The first kappa shape index (κ1) is 17.2. The van der Waals surface area contributed by atoms with Crippen molar-refractivity contribution < 1.29 is 9.59 Å². The summed E-state index contributed by atoms with van der Waals surface area (Å²) in [7, 11) is 1.86. The molecule has 1 saturated heterocycles. The molecule has 6 nitrogen and oxygen atoms in total. The van der Waals surface area contributed by atoms with Gasteiger partial charge in [0.15, 0.2) is 0 Å². The van der Waals surface area contributed by atoms with Crippen LogP contribution in [0.15, 0.2) is 36.7 Å². The van der Waals surface area contributed by atoms with Crippen LogP contribution in [0, 0.1) is 6.92 Å².